The Balaban J connectivity index is 0.00000400. The number of nitrogens with zero attached hydrogens (tertiary/aromatic N) is 1. The van der Waals surface area contributed by atoms with E-state index in [0.29, 0.717) is 29.5 Å². The van der Waals surface area contributed by atoms with Crippen molar-refractivity contribution in [1.82, 2.24) is 10.3 Å². The summed E-state index contributed by atoms with van der Waals surface area (Å²) in [6, 6.07) is 7.51. The van der Waals surface area contributed by atoms with Crippen LogP contribution in [0, 0.1) is 11.7 Å². The van der Waals surface area contributed by atoms with Crippen molar-refractivity contribution in [3.05, 3.63) is 59.2 Å². The summed E-state index contributed by atoms with van der Waals surface area (Å²) >= 11 is 0. The molecule has 1 atom stereocenters. The third-order valence-corrected chi connectivity index (χ3v) is 5.62. The highest BCUT2D eigenvalue weighted by Crippen LogP contribution is 2.37. The molecule has 1 saturated carbocycles. The Morgan fingerprint density at radius 1 is 1.16 bits per heavy atom. The van der Waals surface area contributed by atoms with Crippen LogP contribution in [0.15, 0.2) is 40.8 Å². The zero-order chi connectivity index (χ0) is 26.5. The lowest BCUT2D eigenvalue weighted by Gasteiger charge is -2.12. The number of oxazole rings is 1. The predicted octanol–water partition coefficient (Wildman–Crippen LogP) is 5.64. The van der Waals surface area contributed by atoms with E-state index in [4.69, 9.17) is 19.6 Å². The largest absolute Gasteiger partial charge is 0.493 e. The van der Waals surface area contributed by atoms with Crippen LogP contribution in [0.2, 0.25) is 0 Å². The van der Waals surface area contributed by atoms with Crippen LogP contribution in [0.4, 0.5) is 13.2 Å². The molecule has 1 aliphatic rings. The summed E-state index contributed by atoms with van der Waals surface area (Å²) in [5, 5.41) is 2.73. The first-order chi connectivity index (χ1) is 17.7. The number of halogens is 4. The molecule has 3 N–H and O–H groups in total. The summed E-state index contributed by atoms with van der Waals surface area (Å²) < 4.78 is 60.9. The van der Waals surface area contributed by atoms with Gasteiger partial charge in [-0.3, -0.25) is 4.79 Å². The molecule has 38 heavy (non-hydrogen) atoms. The second kappa shape index (κ2) is 12.9. The Hall–Kier alpha value is -3.44. The van der Waals surface area contributed by atoms with E-state index in [1.165, 1.54) is 30.3 Å². The second-order valence-electron chi connectivity index (χ2n) is 8.67. The molecular formula is C26H29ClF3N3O5. The molecule has 1 amide bonds. The molecule has 0 spiro atoms. The number of amides is 1. The molecule has 0 bridgehead atoms. The van der Waals surface area contributed by atoms with Crippen LogP contribution in [0.25, 0.3) is 11.5 Å². The van der Waals surface area contributed by atoms with Crippen LogP contribution in [-0.2, 0) is 6.54 Å². The Bertz CT molecular complexity index is 1250. The highest BCUT2D eigenvalue weighted by molar-refractivity contribution is 5.96. The average Bonchev–Trinajstić information content (AvgIpc) is 3.58. The molecule has 4 rings (SSSR count). The van der Waals surface area contributed by atoms with Crippen LogP contribution in [-0.4, -0.2) is 30.7 Å². The Labute approximate surface area is 224 Å². The Kier molecular flexibility index (Phi) is 9.87. The van der Waals surface area contributed by atoms with E-state index in [-0.39, 0.29) is 54.3 Å². The van der Waals surface area contributed by atoms with Crippen molar-refractivity contribution in [3.63, 3.8) is 0 Å². The van der Waals surface area contributed by atoms with E-state index in [9.17, 15) is 18.0 Å². The van der Waals surface area contributed by atoms with Gasteiger partial charge in [-0.2, -0.15) is 8.78 Å². The molecule has 3 aromatic rings. The van der Waals surface area contributed by atoms with Gasteiger partial charge in [-0.05, 0) is 62.9 Å². The van der Waals surface area contributed by atoms with Crippen LogP contribution in [0.1, 0.15) is 54.5 Å². The van der Waals surface area contributed by atoms with Crippen LogP contribution < -0.4 is 25.3 Å². The SMILES string of the molecule is CCOc1cc(F)ccc1C(=O)NCc1nc(-c2ccc(OC(F)F)c(OCC3CC3)c2)oc1C(C)N.Cl. The third kappa shape index (κ3) is 7.32. The van der Waals surface area contributed by atoms with Gasteiger partial charge >= 0.3 is 6.61 Å². The number of hydrogen-bond donors (Lipinski definition) is 2. The molecule has 1 unspecified atom stereocenters. The standard InChI is InChI=1S/C26H28F3N3O5.ClH/c1-3-34-21-11-17(27)7-8-18(21)24(33)31-12-19-23(14(2)30)37-25(32-19)16-6-9-20(36-26(28)29)22(10-16)35-13-15-4-5-15;/h6-11,14-15,26H,3-5,12-13,30H2,1-2H3,(H,31,33);1H. The first kappa shape index (κ1) is 29.1. The van der Waals surface area contributed by atoms with Crippen LogP contribution in [0.3, 0.4) is 0 Å². The van der Waals surface area contributed by atoms with Gasteiger partial charge < -0.3 is 29.7 Å². The van der Waals surface area contributed by atoms with Crippen LogP contribution >= 0.6 is 12.4 Å². The smallest absolute Gasteiger partial charge is 0.387 e. The quantitative estimate of drug-likeness (QED) is 0.297. The first-order valence-corrected chi connectivity index (χ1v) is 11.9. The first-order valence-electron chi connectivity index (χ1n) is 11.9. The fourth-order valence-corrected chi connectivity index (χ4v) is 3.63. The maximum absolute atomic E-state index is 13.6. The van der Waals surface area contributed by atoms with E-state index >= 15 is 0 Å². The molecule has 0 aliphatic heterocycles. The van der Waals surface area contributed by atoms with Crippen molar-refractivity contribution in [2.75, 3.05) is 13.2 Å². The van der Waals surface area contributed by atoms with Crippen molar-refractivity contribution in [2.24, 2.45) is 11.7 Å². The summed E-state index contributed by atoms with van der Waals surface area (Å²) in [5.74, 6) is 0.0852. The number of carbonyl (C=O) groups excluding carboxylic acids is 1. The van der Waals surface area contributed by atoms with E-state index in [2.05, 4.69) is 15.0 Å². The predicted molar refractivity (Wildman–Crippen MR) is 135 cm³/mol. The number of benzene rings is 2. The van der Waals surface area contributed by atoms with E-state index in [1.807, 2.05) is 0 Å². The van der Waals surface area contributed by atoms with Crippen molar-refractivity contribution in [1.29, 1.82) is 0 Å². The lowest BCUT2D eigenvalue weighted by molar-refractivity contribution is -0.0515. The van der Waals surface area contributed by atoms with Crippen molar-refractivity contribution >= 4 is 18.3 Å². The molecule has 2 aromatic carbocycles. The molecule has 1 fully saturated rings. The fourth-order valence-electron chi connectivity index (χ4n) is 3.63. The normalized spacial score (nSPS) is 13.6. The molecule has 0 saturated heterocycles. The average molecular weight is 556 g/mol. The topological polar surface area (TPSA) is 109 Å². The third-order valence-electron chi connectivity index (χ3n) is 5.62. The molecular weight excluding hydrogens is 527 g/mol. The highest BCUT2D eigenvalue weighted by atomic mass is 35.5. The molecule has 1 heterocycles. The van der Waals surface area contributed by atoms with Gasteiger partial charge in [0, 0.05) is 11.6 Å². The van der Waals surface area contributed by atoms with Gasteiger partial charge in [0.25, 0.3) is 5.91 Å². The van der Waals surface area contributed by atoms with Gasteiger partial charge in [-0.15, -0.1) is 12.4 Å². The zero-order valence-corrected chi connectivity index (χ0v) is 21.7. The molecule has 8 nitrogen and oxygen atoms in total. The Morgan fingerprint density at radius 3 is 2.58 bits per heavy atom. The highest BCUT2D eigenvalue weighted by Gasteiger charge is 2.24. The number of nitrogens with one attached hydrogen (secondary N) is 1. The van der Waals surface area contributed by atoms with Gasteiger partial charge in [-0.1, -0.05) is 0 Å². The molecule has 1 aromatic heterocycles. The number of ether oxygens (including phenoxy) is 3. The summed E-state index contributed by atoms with van der Waals surface area (Å²) in [4.78, 5) is 17.3. The number of alkyl halides is 2. The van der Waals surface area contributed by atoms with E-state index in [1.54, 1.807) is 13.8 Å². The molecule has 1 aliphatic carbocycles. The van der Waals surface area contributed by atoms with Gasteiger partial charge in [0.05, 0.1) is 31.4 Å². The van der Waals surface area contributed by atoms with Crippen molar-refractivity contribution < 1.29 is 36.6 Å². The lowest BCUT2D eigenvalue weighted by Crippen LogP contribution is -2.25. The summed E-state index contributed by atoms with van der Waals surface area (Å²) in [5.41, 5.74) is 7.08. The lowest BCUT2D eigenvalue weighted by atomic mass is 10.1. The van der Waals surface area contributed by atoms with Gasteiger partial charge in [0.1, 0.15) is 23.0 Å². The zero-order valence-electron chi connectivity index (χ0n) is 20.8. The van der Waals surface area contributed by atoms with Crippen molar-refractivity contribution in [2.45, 2.75) is 45.9 Å². The van der Waals surface area contributed by atoms with E-state index in [0.717, 1.165) is 18.9 Å². The number of aromatic nitrogens is 1. The van der Waals surface area contributed by atoms with Crippen molar-refractivity contribution in [3.8, 4) is 28.7 Å². The maximum Gasteiger partial charge on any atom is 0.387 e. The summed E-state index contributed by atoms with van der Waals surface area (Å²) in [7, 11) is 0. The van der Waals surface area contributed by atoms with Gasteiger partial charge in [-0.25, -0.2) is 9.37 Å². The molecule has 206 valence electrons. The minimum absolute atomic E-state index is 0. The maximum atomic E-state index is 13.6. The monoisotopic (exact) mass is 555 g/mol. The van der Waals surface area contributed by atoms with Gasteiger partial charge in [0.2, 0.25) is 5.89 Å². The Morgan fingerprint density at radius 2 is 1.92 bits per heavy atom. The molecule has 0 radical (unpaired) electrons. The number of hydrogen-bond acceptors (Lipinski definition) is 7. The van der Waals surface area contributed by atoms with E-state index < -0.39 is 24.4 Å². The number of carbonyl (C=O) groups is 1. The molecule has 12 heteroatoms. The summed E-state index contributed by atoms with van der Waals surface area (Å²) in [6.45, 7) is 1.06. The minimum atomic E-state index is -3.00. The number of nitrogens with two attached hydrogens (primary N) is 1. The van der Waals surface area contributed by atoms with Gasteiger partial charge in [0.15, 0.2) is 11.5 Å². The fraction of sp³-hybridized carbons (Fsp3) is 0.385. The minimum Gasteiger partial charge on any atom is -0.493 e. The van der Waals surface area contributed by atoms with Crippen LogP contribution in [0.5, 0.6) is 17.2 Å². The second-order valence-corrected chi connectivity index (χ2v) is 8.67. The number of rotatable bonds is 12. The summed E-state index contributed by atoms with van der Waals surface area (Å²) in [6.07, 6.45) is 2.06.